The summed E-state index contributed by atoms with van der Waals surface area (Å²) in [7, 11) is 2.86. The molecule has 2 N–H and O–H groups in total. The molecule has 1 aromatic carbocycles. The molecule has 22 heavy (non-hydrogen) atoms. The normalized spacial score (nSPS) is 16.8. The van der Waals surface area contributed by atoms with Crippen LogP contribution in [0.1, 0.15) is 12.8 Å². The molecule has 0 saturated carbocycles. The third kappa shape index (κ3) is 3.18. The van der Waals surface area contributed by atoms with E-state index in [2.05, 4.69) is 10.6 Å². The summed E-state index contributed by atoms with van der Waals surface area (Å²) in [6, 6.07) is 4.30. The number of carbonyl (C=O) groups excluding carboxylic acids is 1. The Kier molecular flexibility index (Phi) is 4.94. The van der Waals surface area contributed by atoms with Crippen molar-refractivity contribution in [1.29, 1.82) is 0 Å². The Morgan fingerprint density at radius 3 is 2.59 bits per heavy atom. The van der Waals surface area contributed by atoms with Crippen LogP contribution >= 0.6 is 0 Å². The number of piperidine rings is 1. The van der Waals surface area contributed by atoms with Gasteiger partial charge in [-0.25, -0.2) is 0 Å². The number of anilines is 1. The van der Waals surface area contributed by atoms with E-state index < -0.39 is 10.5 Å². The molecule has 2 rings (SSSR count). The van der Waals surface area contributed by atoms with Gasteiger partial charge in [0.2, 0.25) is 0 Å². The van der Waals surface area contributed by atoms with E-state index >= 15 is 0 Å². The first-order valence-electron chi connectivity index (χ1n) is 6.92. The third-order valence-electron chi connectivity index (χ3n) is 3.85. The van der Waals surface area contributed by atoms with Crippen LogP contribution in [0.4, 0.5) is 11.4 Å². The number of amides is 1. The van der Waals surface area contributed by atoms with Gasteiger partial charge < -0.3 is 20.1 Å². The molecule has 1 aliphatic heterocycles. The topological polar surface area (TPSA) is 103 Å². The molecule has 0 aromatic heterocycles. The van der Waals surface area contributed by atoms with E-state index in [0.717, 1.165) is 0 Å². The fraction of sp³-hybridized carbons (Fsp3) is 0.500. The van der Waals surface area contributed by atoms with E-state index in [1.807, 2.05) is 0 Å². The Labute approximate surface area is 127 Å². The fourth-order valence-corrected chi connectivity index (χ4v) is 2.51. The van der Waals surface area contributed by atoms with E-state index in [1.54, 1.807) is 6.07 Å². The lowest BCUT2D eigenvalue weighted by Gasteiger charge is -2.34. The van der Waals surface area contributed by atoms with Crippen molar-refractivity contribution in [2.45, 2.75) is 18.4 Å². The molecule has 120 valence electrons. The van der Waals surface area contributed by atoms with Crippen LogP contribution in [-0.4, -0.2) is 43.7 Å². The molecular weight excluding hydrogens is 290 g/mol. The molecule has 0 radical (unpaired) electrons. The summed E-state index contributed by atoms with van der Waals surface area (Å²) in [5, 5.41) is 16.9. The summed E-state index contributed by atoms with van der Waals surface area (Å²) in [4.78, 5) is 23.0. The first kappa shape index (κ1) is 16.2. The highest BCUT2D eigenvalue weighted by molar-refractivity contribution is 5.97. The number of hydrogen-bond donors (Lipinski definition) is 2. The number of benzene rings is 1. The predicted molar refractivity (Wildman–Crippen MR) is 80.1 cm³/mol. The smallest absolute Gasteiger partial charge is 0.312 e. The molecule has 8 heteroatoms. The maximum atomic E-state index is 12.5. The van der Waals surface area contributed by atoms with Gasteiger partial charge in [-0.3, -0.25) is 14.9 Å². The number of nitro benzene ring substituents is 1. The molecule has 1 heterocycles. The van der Waals surface area contributed by atoms with E-state index in [4.69, 9.17) is 9.47 Å². The van der Waals surface area contributed by atoms with Crippen LogP contribution in [0.3, 0.4) is 0 Å². The van der Waals surface area contributed by atoms with Gasteiger partial charge in [-0.15, -0.1) is 0 Å². The fourth-order valence-electron chi connectivity index (χ4n) is 2.51. The standard InChI is InChI=1S/C14H19N3O5/c1-21-12-4-3-10(9-11(12)17(19)20)16-13(18)14(22-2)5-7-15-8-6-14/h3-4,9,15H,5-8H2,1-2H3,(H,16,18). The lowest BCUT2D eigenvalue weighted by Crippen LogP contribution is -2.51. The quantitative estimate of drug-likeness (QED) is 0.628. The molecule has 0 unspecified atom stereocenters. The molecular formula is C14H19N3O5. The second kappa shape index (κ2) is 6.71. The number of carbonyl (C=O) groups is 1. The lowest BCUT2D eigenvalue weighted by atomic mass is 9.91. The van der Waals surface area contributed by atoms with E-state index in [1.165, 1.54) is 26.4 Å². The lowest BCUT2D eigenvalue weighted by molar-refractivity contribution is -0.385. The van der Waals surface area contributed by atoms with Gasteiger partial charge in [0.05, 0.1) is 12.0 Å². The maximum absolute atomic E-state index is 12.5. The molecule has 1 aromatic rings. The molecule has 0 spiro atoms. The number of ether oxygens (including phenoxy) is 2. The van der Waals surface area contributed by atoms with Crippen molar-refractivity contribution in [3.05, 3.63) is 28.3 Å². The zero-order chi connectivity index (χ0) is 16.2. The SMILES string of the molecule is COc1ccc(NC(=O)C2(OC)CCNCC2)cc1[N+](=O)[O-]. The monoisotopic (exact) mass is 309 g/mol. The van der Waals surface area contributed by atoms with Crippen LogP contribution in [0.15, 0.2) is 18.2 Å². The molecule has 0 bridgehead atoms. The Hall–Kier alpha value is -2.19. The molecule has 0 aliphatic carbocycles. The number of nitro groups is 1. The number of methoxy groups -OCH3 is 2. The summed E-state index contributed by atoms with van der Waals surface area (Å²) in [6.45, 7) is 1.37. The van der Waals surface area contributed by atoms with Crippen LogP contribution in [0.2, 0.25) is 0 Å². The van der Waals surface area contributed by atoms with Crippen molar-refractivity contribution < 1.29 is 19.2 Å². The van der Waals surface area contributed by atoms with Gasteiger partial charge in [-0.2, -0.15) is 0 Å². The molecule has 1 amide bonds. The molecule has 1 fully saturated rings. The summed E-state index contributed by atoms with van der Waals surface area (Å²) in [5.74, 6) is -0.151. The van der Waals surface area contributed by atoms with Gasteiger partial charge in [-0.05, 0) is 38.1 Å². The molecule has 1 saturated heterocycles. The van der Waals surface area contributed by atoms with Crippen molar-refractivity contribution in [1.82, 2.24) is 5.32 Å². The number of nitrogens with one attached hydrogen (secondary N) is 2. The van der Waals surface area contributed by atoms with Crippen LogP contribution in [0, 0.1) is 10.1 Å². The van der Waals surface area contributed by atoms with Crippen LogP contribution in [0.5, 0.6) is 5.75 Å². The highest BCUT2D eigenvalue weighted by Gasteiger charge is 2.39. The van der Waals surface area contributed by atoms with Gasteiger partial charge in [0.15, 0.2) is 5.75 Å². The minimum atomic E-state index is -0.903. The number of nitrogens with zero attached hydrogens (tertiary/aromatic N) is 1. The second-order valence-corrected chi connectivity index (χ2v) is 5.05. The molecule has 1 aliphatic rings. The maximum Gasteiger partial charge on any atom is 0.312 e. The predicted octanol–water partition coefficient (Wildman–Crippen LogP) is 1.31. The zero-order valence-corrected chi connectivity index (χ0v) is 12.5. The minimum absolute atomic E-state index is 0.145. The van der Waals surface area contributed by atoms with Gasteiger partial charge >= 0.3 is 5.69 Å². The summed E-state index contributed by atoms with van der Waals surface area (Å²) < 4.78 is 10.4. The zero-order valence-electron chi connectivity index (χ0n) is 12.5. The number of hydrogen-bond acceptors (Lipinski definition) is 6. The van der Waals surface area contributed by atoms with Gasteiger partial charge in [-0.1, -0.05) is 0 Å². The average Bonchev–Trinajstić information content (AvgIpc) is 2.55. The minimum Gasteiger partial charge on any atom is -0.490 e. The Bertz CT molecular complexity index is 570. The number of rotatable bonds is 5. The molecule has 0 atom stereocenters. The van der Waals surface area contributed by atoms with Crippen molar-refractivity contribution in [2.24, 2.45) is 0 Å². The highest BCUT2D eigenvalue weighted by Crippen LogP contribution is 2.31. The Morgan fingerprint density at radius 1 is 1.36 bits per heavy atom. The van der Waals surface area contributed by atoms with Crippen LogP contribution in [-0.2, 0) is 9.53 Å². The average molecular weight is 309 g/mol. The van der Waals surface area contributed by atoms with Gasteiger partial charge in [0.25, 0.3) is 5.91 Å². The van der Waals surface area contributed by atoms with Crippen molar-refractivity contribution in [2.75, 3.05) is 32.6 Å². The largest absolute Gasteiger partial charge is 0.490 e. The van der Waals surface area contributed by atoms with Crippen molar-refractivity contribution in [3.8, 4) is 5.75 Å². The highest BCUT2D eigenvalue weighted by atomic mass is 16.6. The molecule has 8 nitrogen and oxygen atoms in total. The van der Waals surface area contributed by atoms with Gasteiger partial charge in [0.1, 0.15) is 5.60 Å². The van der Waals surface area contributed by atoms with E-state index in [9.17, 15) is 14.9 Å². The van der Waals surface area contributed by atoms with Crippen LogP contribution < -0.4 is 15.4 Å². The summed E-state index contributed by atoms with van der Waals surface area (Å²) in [6.07, 6.45) is 1.10. The second-order valence-electron chi connectivity index (χ2n) is 5.05. The van der Waals surface area contributed by atoms with Crippen molar-refractivity contribution >= 4 is 17.3 Å². The third-order valence-corrected chi connectivity index (χ3v) is 3.85. The first-order chi connectivity index (χ1) is 10.5. The first-order valence-corrected chi connectivity index (χ1v) is 6.92. The summed E-state index contributed by atoms with van der Waals surface area (Å²) in [5.41, 5.74) is -0.760. The van der Waals surface area contributed by atoms with Crippen molar-refractivity contribution in [3.63, 3.8) is 0 Å². The van der Waals surface area contributed by atoms with E-state index in [0.29, 0.717) is 31.6 Å². The van der Waals surface area contributed by atoms with E-state index in [-0.39, 0.29) is 17.3 Å². The van der Waals surface area contributed by atoms with Gasteiger partial charge in [0, 0.05) is 18.9 Å². The Balaban J connectivity index is 2.20. The Morgan fingerprint density at radius 2 is 2.05 bits per heavy atom. The van der Waals surface area contributed by atoms with Crippen LogP contribution in [0.25, 0.3) is 0 Å². The summed E-state index contributed by atoms with van der Waals surface area (Å²) >= 11 is 0.